The molecule has 0 aliphatic heterocycles. The van der Waals surface area contributed by atoms with Crippen LogP contribution >= 0.6 is 23.4 Å². The summed E-state index contributed by atoms with van der Waals surface area (Å²) in [6.45, 7) is 0. The van der Waals surface area contributed by atoms with Crippen molar-refractivity contribution in [1.82, 2.24) is 19.5 Å². The molecule has 166 valence electrons. The Bertz CT molecular complexity index is 1350. The lowest BCUT2D eigenvalue weighted by Crippen LogP contribution is -2.10. The predicted molar refractivity (Wildman–Crippen MR) is 115 cm³/mol. The zero-order valence-corrected chi connectivity index (χ0v) is 18.1. The summed E-state index contributed by atoms with van der Waals surface area (Å²) in [7, 11) is 1.74. The van der Waals surface area contributed by atoms with Gasteiger partial charge < -0.3 is 4.57 Å². The van der Waals surface area contributed by atoms with Gasteiger partial charge in [-0.25, -0.2) is 14.4 Å². The third-order valence-corrected chi connectivity index (χ3v) is 5.91. The number of thioether (sulfide) groups is 1. The third-order valence-electron chi connectivity index (χ3n) is 4.78. The summed E-state index contributed by atoms with van der Waals surface area (Å²) in [5, 5.41) is 0.913. The van der Waals surface area contributed by atoms with E-state index in [-0.39, 0.29) is 5.52 Å². The number of benzene rings is 2. The van der Waals surface area contributed by atoms with E-state index in [9.17, 15) is 22.4 Å². The van der Waals surface area contributed by atoms with Gasteiger partial charge in [-0.1, -0.05) is 29.4 Å². The minimum Gasteiger partial charge on any atom is -0.312 e. The Morgan fingerprint density at radius 3 is 2.50 bits per heavy atom. The second-order valence-electron chi connectivity index (χ2n) is 6.96. The van der Waals surface area contributed by atoms with Gasteiger partial charge in [-0.2, -0.15) is 13.2 Å². The molecule has 0 atom stereocenters. The van der Waals surface area contributed by atoms with Gasteiger partial charge in [0.15, 0.2) is 16.3 Å². The van der Waals surface area contributed by atoms with Crippen molar-refractivity contribution in [2.75, 3.05) is 5.75 Å². The van der Waals surface area contributed by atoms with Crippen LogP contribution in [0.5, 0.6) is 0 Å². The van der Waals surface area contributed by atoms with E-state index < -0.39 is 23.1 Å². The number of aromatic amines is 1. The van der Waals surface area contributed by atoms with Crippen molar-refractivity contribution in [3.05, 3.63) is 74.8 Å². The van der Waals surface area contributed by atoms with E-state index in [1.165, 1.54) is 17.8 Å². The summed E-state index contributed by atoms with van der Waals surface area (Å²) >= 11 is 7.13. The number of nitrogens with zero attached hydrogens (tertiary/aromatic N) is 3. The molecule has 0 saturated carbocycles. The second-order valence-corrected chi connectivity index (χ2v) is 8.48. The topological polar surface area (TPSA) is 63.6 Å². The van der Waals surface area contributed by atoms with Crippen LogP contribution in [0.4, 0.5) is 17.6 Å². The molecule has 1 N–H and O–H groups in total. The molecule has 0 aliphatic carbocycles. The van der Waals surface area contributed by atoms with Crippen LogP contribution < -0.4 is 5.56 Å². The standard InChI is InChI=1S/C21H15ClF4N4OS/c1-30-17(12-3-5-13(22)6-4-12)27-16-18(30)28-20(29-19(16)31)32-9-8-11-2-7-14(15(23)10-11)21(24,25)26/h2-7,10H,8-9H2,1H3,(H,28,29,31). The summed E-state index contributed by atoms with van der Waals surface area (Å²) in [4.78, 5) is 24.0. The number of halogens is 5. The molecule has 0 unspecified atom stereocenters. The lowest BCUT2D eigenvalue weighted by atomic mass is 10.1. The summed E-state index contributed by atoms with van der Waals surface area (Å²) < 4.78 is 53.5. The third kappa shape index (κ3) is 4.51. The van der Waals surface area contributed by atoms with Crippen molar-refractivity contribution in [3.8, 4) is 11.4 Å². The fourth-order valence-corrected chi connectivity index (χ4v) is 4.16. The molecule has 32 heavy (non-hydrogen) atoms. The molecule has 4 rings (SSSR count). The molecule has 2 heterocycles. The average Bonchev–Trinajstić information content (AvgIpc) is 3.05. The van der Waals surface area contributed by atoms with Gasteiger partial charge in [0.05, 0.1) is 5.56 Å². The Morgan fingerprint density at radius 1 is 1.12 bits per heavy atom. The fraction of sp³-hybridized carbons (Fsp3) is 0.190. The summed E-state index contributed by atoms with van der Waals surface area (Å²) in [5.74, 6) is -0.379. The number of hydrogen-bond acceptors (Lipinski definition) is 4. The number of aryl methyl sites for hydroxylation is 2. The summed E-state index contributed by atoms with van der Waals surface area (Å²) in [6.07, 6.45) is -4.44. The highest BCUT2D eigenvalue weighted by Gasteiger charge is 2.33. The number of H-pyrrole nitrogens is 1. The maximum Gasteiger partial charge on any atom is 0.419 e. The van der Waals surface area contributed by atoms with Gasteiger partial charge in [0.25, 0.3) is 5.56 Å². The van der Waals surface area contributed by atoms with Gasteiger partial charge in [-0.3, -0.25) is 9.78 Å². The lowest BCUT2D eigenvalue weighted by Gasteiger charge is -2.09. The van der Waals surface area contributed by atoms with E-state index >= 15 is 0 Å². The van der Waals surface area contributed by atoms with Gasteiger partial charge >= 0.3 is 6.18 Å². The normalized spacial score (nSPS) is 11.9. The van der Waals surface area contributed by atoms with Gasteiger partial charge in [0, 0.05) is 23.4 Å². The van der Waals surface area contributed by atoms with Crippen LogP contribution in [-0.4, -0.2) is 25.3 Å². The monoisotopic (exact) mass is 482 g/mol. The van der Waals surface area contributed by atoms with Gasteiger partial charge in [0.1, 0.15) is 11.6 Å². The molecule has 4 aromatic rings. The van der Waals surface area contributed by atoms with E-state index in [1.807, 2.05) is 0 Å². The van der Waals surface area contributed by atoms with Crippen molar-refractivity contribution in [2.24, 2.45) is 7.05 Å². The molecule has 5 nitrogen and oxygen atoms in total. The highest BCUT2D eigenvalue weighted by atomic mass is 35.5. The van der Waals surface area contributed by atoms with Gasteiger partial charge in [-0.15, -0.1) is 0 Å². The van der Waals surface area contributed by atoms with Crippen LogP contribution in [0.1, 0.15) is 11.1 Å². The minimum atomic E-state index is -4.73. The van der Waals surface area contributed by atoms with E-state index in [1.54, 1.807) is 35.9 Å². The number of hydrogen-bond donors (Lipinski definition) is 1. The van der Waals surface area contributed by atoms with E-state index in [0.717, 1.165) is 17.7 Å². The van der Waals surface area contributed by atoms with Crippen molar-refractivity contribution >= 4 is 34.5 Å². The molecule has 2 aromatic carbocycles. The zero-order valence-electron chi connectivity index (χ0n) is 16.5. The number of nitrogens with one attached hydrogen (secondary N) is 1. The van der Waals surface area contributed by atoms with Crippen molar-refractivity contribution < 1.29 is 17.6 Å². The van der Waals surface area contributed by atoms with Crippen molar-refractivity contribution in [1.29, 1.82) is 0 Å². The first-order chi connectivity index (χ1) is 15.1. The van der Waals surface area contributed by atoms with E-state index in [0.29, 0.717) is 39.4 Å². The van der Waals surface area contributed by atoms with Crippen LogP contribution in [0.2, 0.25) is 5.02 Å². The van der Waals surface area contributed by atoms with E-state index in [4.69, 9.17) is 11.6 Å². The van der Waals surface area contributed by atoms with Crippen LogP contribution in [0.15, 0.2) is 52.4 Å². The molecule has 0 spiro atoms. The molecular weight excluding hydrogens is 468 g/mol. The molecule has 0 radical (unpaired) electrons. The summed E-state index contributed by atoms with van der Waals surface area (Å²) in [6, 6.07) is 9.87. The first kappa shape index (κ1) is 22.3. The molecule has 2 aromatic heterocycles. The second kappa shape index (κ2) is 8.59. The number of aromatic nitrogens is 4. The predicted octanol–water partition coefficient (Wildman–Crippen LogP) is 5.47. The minimum absolute atomic E-state index is 0.187. The summed E-state index contributed by atoms with van der Waals surface area (Å²) in [5.41, 5.74) is 0.0603. The van der Waals surface area contributed by atoms with Gasteiger partial charge in [-0.05, 0) is 48.4 Å². The number of alkyl halides is 3. The molecular formula is C21H15ClF4N4OS. The molecule has 0 amide bonds. The highest BCUT2D eigenvalue weighted by Crippen LogP contribution is 2.32. The number of fused-ring (bicyclic) bond motifs is 1. The van der Waals surface area contributed by atoms with Crippen LogP contribution in [0, 0.1) is 5.82 Å². The smallest absolute Gasteiger partial charge is 0.312 e. The fourth-order valence-electron chi connectivity index (χ4n) is 3.19. The number of imidazole rings is 1. The largest absolute Gasteiger partial charge is 0.419 e. The van der Waals surface area contributed by atoms with Crippen LogP contribution in [0.25, 0.3) is 22.6 Å². The van der Waals surface area contributed by atoms with Crippen molar-refractivity contribution in [2.45, 2.75) is 17.8 Å². The lowest BCUT2D eigenvalue weighted by molar-refractivity contribution is -0.140. The maximum atomic E-state index is 13.7. The van der Waals surface area contributed by atoms with Gasteiger partial charge in [0.2, 0.25) is 0 Å². The number of rotatable bonds is 5. The Hall–Kier alpha value is -2.85. The SMILES string of the molecule is Cn1c(-c2ccc(Cl)cc2)nc2c(=O)[nH]c(SCCc3ccc(C(F)(F)F)c(F)c3)nc21. The van der Waals surface area contributed by atoms with Crippen molar-refractivity contribution in [3.63, 3.8) is 0 Å². The maximum absolute atomic E-state index is 13.7. The molecule has 11 heteroatoms. The molecule has 0 saturated heterocycles. The quantitative estimate of drug-likeness (QED) is 0.233. The Balaban J connectivity index is 1.53. The molecule has 0 fully saturated rings. The van der Waals surface area contributed by atoms with Crippen LogP contribution in [0.3, 0.4) is 0 Å². The van der Waals surface area contributed by atoms with Crippen LogP contribution in [-0.2, 0) is 19.6 Å². The molecule has 0 aliphatic rings. The Morgan fingerprint density at radius 2 is 1.84 bits per heavy atom. The highest BCUT2D eigenvalue weighted by molar-refractivity contribution is 7.99. The average molecular weight is 483 g/mol. The Labute approximate surface area is 188 Å². The van der Waals surface area contributed by atoms with E-state index in [2.05, 4.69) is 15.0 Å². The first-order valence-corrected chi connectivity index (χ1v) is 10.7. The molecule has 0 bridgehead atoms. The zero-order chi connectivity index (χ0) is 23.0. The first-order valence-electron chi connectivity index (χ1n) is 9.34. The Kier molecular flexibility index (Phi) is 6.00.